The molecule has 0 aromatic carbocycles. The number of carbonyl (C=O) groups excluding carboxylic acids is 1. The van der Waals surface area contributed by atoms with Gasteiger partial charge >= 0.3 is 0 Å². The van der Waals surface area contributed by atoms with E-state index in [1.54, 1.807) is 6.20 Å². The van der Waals surface area contributed by atoms with Crippen molar-refractivity contribution < 1.29 is 9.53 Å². The van der Waals surface area contributed by atoms with Crippen molar-refractivity contribution >= 4 is 5.91 Å². The molecule has 0 unspecified atom stereocenters. The van der Waals surface area contributed by atoms with Gasteiger partial charge in [-0.15, -0.1) is 0 Å². The minimum absolute atomic E-state index is 0.109. The Balaban J connectivity index is 1.76. The van der Waals surface area contributed by atoms with Crippen LogP contribution in [0.1, 0.15) is 54.1 Å². The largest absolute Gasteiger partial charge is 0.378 e. The van der Waals surface area contributed by atoms with Gasteiger partial charge in [0.15, 0.2) is 0 Å². The van der Waals surface area contributed by atoms with Gasteiger partial charge in [0.05, 0.1) is 30.7 Å². The van der Waals surface area contributed by atoms with Crippen LogP contribution >= 0.6 is 0 Å². The molecular weight excluding hydrogens is 242 g/mol. The Kier molecular flexibility index (Phi) is 3.82. The maximum Gasteiger partial charge on any atom is 0.257 e. The van der Waals surface area contributed by atoms with Crippen LogP contribution in [0.2, 0.25) is 0 Å². The van der Waals surface area contributed by atoms with Crippen LogP contribution in [0, 0.1) is 0 Å². The fourth-order valence-electron chi connectivity index (χ4n) is 3.11. The molecule has 2 aliphatic rings. The van der Waals surface area contributed by atoms with E-state index in [0.29, 0.717) is 32.2 Å². The molecule has 1 amide bonds. The lowest BCUT2D eigenvalue weighted by molar-refractivity contribution is 0.0301. The monoisotopic (exact) mass is 263 g/mol. The minimum atomic E-state index is 0.109. The number of aromatic nitrogens is 2. The van der Waals surface area contributed by atoms with Crippen LogP contribution in [0.5, 0.6) is 0 Å². The molecule has 1 aromatic rings. The van der Waals surface area contributed by atoms with E-state index >= 15 is 0 Å². The van der Waals surface area contributed by atoms with Crippen LogP contribution in [0.25, 0.3) is 0 Å². The van der Waals surface area contributed by atoms with Crippen LogP contribution in [0.15, 0.2) is 6.20 Å². The molecule has 2 fully saturated rings. The van der Waals surface area contributed by atoms with Gasteiger partial charge in [0, 0.05) is 19.0 Å². The summed E-state index contributed by atoms with van der Waals surface area (Å²) in [4.78, 5) is 14.4. The number of morpholine rings is 1. The second-order valence-electron chi connectivity index (χ2n) is 5.44. The first-order valence-electron chi connectivity index (χ1n) is 7.26. The Morgan fingerprint density at radius 1 is 1.26 bits per heavy atom. The molecule has 1 saturated heterocycles. The Labute approximate surface area is 113 Å². The summed E-state index contributed by atoms with van der Waals surface area (Å²) in [6.07, 6.45) is 7.88. The van der Waals surface area contributed by atoms with E-state index in [2.05, 4.69) is 10.2 Å². The molecule has 0 spiro atoms. The number of H-pyrrole nitrogens is 1. The molecule has 0 bridgehead atoms. The maximum atomic E-state index is 12.5. The topological polar surface area (TPSA) is 58.2 Å². The van der Waals surface area contributed by atoms with Crippen molar-refractivity contribution in [2.45, 2.75) is 38.0 Å². The highest BCUT2D eigenvalue weighted by Gasteiger charge is 2.26. The highest BCUT2D eigenvalue weighted by atomic mass is 16.5. The normalized spacial score (nSPS) is 21.6. The van der Waals surface area contributed by atoms with Gasteiger partial charge in [-0.25, -0.2) is 0 Å². The summed E-state index contributed by atoms with van der Waals surface area (Å²) in [5, 5.41) is 7.18. The van der Waals surface area contributed by atoms with E-state index in [1.165, 1.54) is 32.1 Å². The number of hydrogen-bond donors (Lipinski definition) is 1. The smallest absolute Gasteiger partial charge is 0.257 e. The zero-order valence-corrected chi connectivity index (χ0v) is 11.2. The lowest BCUT2D eigenvalue weighted by atomic mass is 9.85. The molecule has 2 heterocycles. The molecular formula is C14H21N3O2. The van der Waals surface area contributed by atoms with Crippen LogP contribution in [-0.4, -0.2) is 47.3 Å². The van der Waals surface area contributed by atoms with Crippen molar-refractivity contribution in [3.63, 3.8) is 0 Å². The summed E-state index contributed by atoms with van der Waals surface area (Å²) < 4.78 is 5.30. The minimum Gasteiger partial charge on any atom is -0.378 e. The molecule has 1 aliphatic carbocycles. The Morgan fingerprint density at radius 2 is 2.00 bits per heavy atom. The second kappa shape index (κ2) is 5.74. The molecule has 5 heteroatoms. The summed E-state index contributed by atoms with van der Waals surface area (Å²) in [6, 6.07) is 0. The Morgan fingerprint density at radius 3 is 2.74 bits per heavy atom. The van der Waals surface area contributed by atoms with Gasteiger partial charge in [-0.1, -0.05) is 19.3 Å². The fraction of sp³-hybridized carbons (Fsp3) is 0.714. The molecule has 0 atom stereocenters. The first kappa shape index (κ1) is 12.7. The average molecular weight is 263 g/mol. The predicted octanol–water partition coefficient (Wildman–Crippen LogP) is 1.93. The number of nitrogens with one attached hydrogen (secondary N) is 1. The SMILES string of the molecule is O=C(c1cn[nH]c1C1CCCCC1)N1CCOCC1. The van der Waals surface area contributed by atoms with E-state index < -0.39 is 0 Å². The van der Waals surface area contributed by atoms with Gasteiger partial charge in [-0.3, -0.25) is 9.89 Å². The number of nitrogens with zero attached hydrogens (tertiary/aromatic N) is 2. The standard InChI is InChI=1S/C14H21N3O2/c18-14(17-6-8-19-9-7-17)12-10-15-16-13(12)11-4-2-1-3-5-11/h10-11H,1-9H2,(H,15,16). The lowest BCUT2D eigenvalue weighted by Crippen LogP contribution is -2.41. The van der Waals surface area contributed by atoms with Crippen molar-refractivity contribution in [1.29, 1.82) is 0 Å². The number of aromatic amines is 1. The first-order chi connectivity index (χ1) is 9.36. The molecule has 1 aromatic heterocycles. The third-order valence-corrected chi connectivity index (χ3v) is 4.21. The van der Waals surface area contributed by atoms with Gasteiger partial charge < -0.3 is 9.64 Å². The highest BCUT2D eigenvalue weighted by molar-refractivity contribution is 5.95. The average Bonchev–Trinajstić information content (AvgIpc) is 2.98. The van der Waals surface area contributed by atoms with Gasteiger partial charge in [-0.2, -0.15) is 5.10 Å². The molecule has 1 N–H and O–H groups in total. The van der Waals surface area contributed by atoms with Crippen molar-refractivity contribution in [1.82, 2.24) is 15.1 Å². The lowest BCUT2D eigenvalue weighted by Gasteiger charge is -2.28. The van der Waals surface area contributed by atoms with E-state index in [0.717, 1.165) is 11.3 Å². The first-order valence-corrected chi connectivity index (χ1v) is 7.26. The summed E-state index contributed by atoms with van der Waals surface area (Å²) in [5.41, 5.74) is 1.82. The van der Waals surface area contributed by atoms with Crippen LogP contribution in [0.3, 0.4) is 0 Å². The molecule has 19 heavy (non-hydrogen) atoms. The third kappa shape index (κ3) is 2.66. The number of ether oxygens (including phenoxy) is 1. The number of carbonyl (C=O) groups is 1. The Hall–Kier alpha value is -1.36. The van der Waals surface area contributed by atoms with Gasteiger partial charge in [0.25, 0.3) is 5.91 Å². The summed E-state index contributed by atoms with van der Waals surface area (Å²) >= 11 is 0. The number of amides is 1. The molecule has 0 radical (unpaired) electrons. The van der Waals surface area contributed by atoms with E-state index in [4.69, 9.17) is 4.74 Å². The van der Waals surface area contributed by atoms with Crippen LogP contribution in [0.4, 0.5) is 0 Å². The quantitative estimate of drug-likeness (QED) is 0.887. The van der Waals surface area contributed by atoms with Crippen molar-refractivity contribution in [2.75, 3.05) is 26.3 Å². The molecule has 104 valence electrons. The van der Waals surface area contributed by atoms with Gasteiger partial charge in [-0.05, 0) is 12.8 Å². The van der Waals surface area contributed by atoms with E-state index in [9.17, 15) is 4.79 Å². The Bertz CT molecular complexity index is 432. The molecule has 5 nitrogen and oxygen atoms in total. The zero-order valence-electron chi connectivity index (χ0n) is 11.2. The van der Waals surface area contributed by atoms with Crippen molar-refractivity contribution in [3.8, 4) is 0 Å². The zero-order chi connectivity index (χ0) is 13.1. The summed E-state index contributed by atoms with van der Waals surface area (Å²) in [7, 11) is 0. The third-order valence-electron chi connectivity index (χ3n) is 4.21. The summed E-state index contributed by atoms with van der Waals surface area (Å²) in [6.45, 7) is 2.66. The maximum absolute atomic E-state index is 12.5. The van der Waals surface area contributed by atoms with Gasteiger partial charge in [0.1, 0.15) is 0 Å². The number of hydrogen-bond acceptors (Lipinski definition) is 3. The number of rotatable bonds is 2. The van der Waals surface area contributed by atoms with E-state index in [1.807, 2.05) is 4.90 Å². The van der Waals surface area contributed by atoms with Crippen molar-refractivity contribution in [2.24, 2.45) is 0 Å². The highest BCUT2D eigenvalue weighted by Crippen LogP contribution is 2.33. The molecule has 1 saturated carbocycles. The molecule has 1 aliphatic heterocycles. The molecule has 3 rings (SSSR count). The van der Waals surface area contributed by atoms with Crippen LogP contribution in [-0.2, 0) is 4.74 Å². The van der Waals surface area contributed by atoms with Crippen LogP contribution < -0.4 is 0 Å². The van der Waals surface area contributed by atoms with Gasteiger partial charge in [0.2, 0.25) is 0 Å². The van der Waals surface area contributed by atoms with Crippen molar-refractivity contribution in [3.05, 3.63) is 17.5 Å². The second-order valence-corrected chi connectivity index (χ2v) is 5.44. The fourth-order valence-corrected chi connectivity index (χ4v) is 3.11. The predicted molar refractivity (Wildman–Crippen MR) is 71.1 cm³/mol. The van der Waals surface area contributed by atoms with E-state index in [-0.39, 0.29) is 5.91 Å². The summed E-state index contributed by atoms with van der Waals surface area (Å²) in [5.74, 6) is 0.592.